The molecule has 0 amide bonds. The van der Waals surface area contributed by atoms with Gasteiger partial charge in [0.2, 0.25) is 0 Å². The molecule has 5 heteroatoms. The molecule has 0 bridgehead atoms. The summed E-state index contributed by atoms with van der Waals surface area (Å²) in [7, 11) is 0. The van der Waals surface area contributed by atoms with Crippen LogP contribution >= 0.6 is 34.8 Å². The number of nitrogens with one attached hydrogen (secondary N) is 1. The fraction of sp³-hybridized carbons (Fsp3) is 0.385. The highest BCUT2D eigenvalue weighted by Gasteiger charge is 2.15. The molecule has 98 valence electrons. The second-order valence-corrected chi connectivity index (χ2v) is 5.67. The third kappa shape index (κ3) is 2.77. The molecular weight excluding hydrogens is 293 g/mol. The van der Waals surface area contributed by atoms with Crippen molar-refractivity contribution >= 4 is 45.8 Å². The SMILES string of the molecule is CC(C)NCCc1coc2c(Cl)cc(Cl)c(Cl)c12. The average Bonchev–Trinajstić information content (AvgIpc) is 2.70. The lowest BCUT2D eigenvalue weighted by Gasteiger charge is -2.07. The van der Waals surface area contributed by atoms with E-state index in [9.17, 15) is 0 Å². The summed E-state index contributed by atoms with van der Waals surface area (Å²) < 4.78 is 5.47. The van der Waals surface area contributed by atoms with Crippen molar-refractivity contribution in [3.8, 4) is 0 Å². The molecule has 0 aliphatic heterocycles. The Hall–Kier alpha value is -0.410. The van der Waals surface area contributed by atoms with Gasteiger partial charge in [0.15, 0.2) is 5.58 Å². The van der Waals surface area contributed by atoms with E-state index >= 15 is 0 Å². The maximum absolute atomic E-state index is 6.21. The van der Waals surface area contributed by atoms with Crippen LogP contribution in [0.2, 0.25) is 15.1 Å². The molecule has 1 N–H and O–H groups in total. The van der Waals surface area contributed by atoms with E-state index in [-0.39, 0.29) is 0 Å². The average molecular weight is 307 g/mol. The Bertz CT molecular complexity index is 563. The fourth-order valence-electron chi connectivity index (χ4n) is 1.85. The van der Waals surface area contributed by atoms with Crippen LogP contribution in [0.3, 0.4) is 0 Å². The van der Waals surface area contributed by atoms with Gasteiger partial charge in [-0.3, -0.25) is 0 Å². The summed E-state index contributed by atoms with van der Waals surface area (Å²) in [5.41, 5.74) is 1.62. The number of rotatable bonds is 4. The van der Waals surface area contributed by atoms with E-state index in [0.717, 1.165) is 23.9 Å². The molecule has 0 aliphatic carbocycles. The Morgan fingerprint density at radius 1 is 1.22 bits per heavy atom. The predicted octanol–water partition coefficient (Wildman–Crippen LogP) is 4.93. The van der Waals surface area contributed by atoms with Gasteiger partial charge >= 0.3 is 0 Å². The molecule has 0 unspecified atom stereocenters. The van der Waals surface area contributed by atoms with Crippen molar-refractivity contribution < 1.29 is 4.42 Å². The first-order chi connectivity index (χ1) is 8.50. The third-order valence-electron chi connectivity index (χ3n) is 2.71. The van der Waals surface area contributed by atoms with E-state index in [4.69, 9.17) is 39.2 Å². The lowest BCUT2D eigenvalue weighted by atomic mass is 10.1. The monoisotopic (exact) mass is 305 g/mol. The minimum Gasteiger partial charge on any atom is -0.462 e. The zero-order chi connectivity index (χ0) is 13.3. The van der Waals surface area contributed by atoms with E-state index in [0.29, 0.717) is 26.7 Å². The van der Waals surface area contributed by atoms with Gasteiger partial charge in [-0.15, -0.1) is 0 Å². The maximum Gasteiger partial charge on any atom is 0.154 e. The van der Waals surface area contributed by atoms with Crippen molar-refractivity contribution in [3.05, 3.63) is 33.0 Å². The van der Waals surface area contributed by atoms with Crippen LogP contribution in [0.15, 0.2) is 16.7 Å². The molecule has 0 radical (unpaired) electrons. The van der Waals surface area contributed by atoms with Crippen LogP contribution < -0.4 is 5.32 Å². The van der Waals surface area contributed by atoms with Gasteiger partial charge in [-0.1, -0.05) is 48.7 Å². The molecule has 0 fully saturated rings. The number of hydrogen-bond acceptors (Lipinski definition) is 2. The Labute approximate surface area is 121 Å². The number of halogens is 3. The quantitative estimate of drug-likeness (QED) is 0.810. The van der Waals surface area contributed by atoms with Crippen molar-refractivity contribution in [2.45, 2.75) is 26.3 Å². The van der Waals surface area contributed by atoms with E-state index in [1.165, 1.54) is 0 Å². The first-order valence-electron chi connectivity index (χ1n) is 5.77. The van der Waals surface area contributed by atoms with E-state index in [2.05, 4.69) is 19.2 Å². The number of benzene rings is 1. The molecule has 0 saturated carbocycles. The van der Waals surface area contributed by atoms with Gasteiger partial charge in [0.1, 0.15) is 0 Å². The third-order valence-corrected chi connectivity index (χ3v) is 3.78. The van der Waals surface area contributed by atoms with Gasteiger partial charge < -0.3 is 9.73 Å². The highest BCUT2D eigenvalue weighted by molar-refractivity contribution is 6.47. The first-order valence-corrected chi connectivity index (χ1v) is 6.91. The van der Waals surface area contributed by atoms with E-state index < -0.39 is 0 Å². The van der Waals surface area contributed by atoms with Crippen LogP contribution in [0.5, 0.6) is 0 Å². The lowest BCUT2D eigenvalue weighted by Crippen LogP contribution is -2.24. The smallest absolute Gasteiger partial charge is 0.154 e. The Balaban J connectivity index is 2.34. The molecule has 1 aromatic heterocycles. The van der Waals surface area contributed by atoms with E-state index in [1.807, 2.05) is 0 Å². The molecule has 0 aliphatic rings. The molecule has 0 saturated heterocycles. The summed E-state index contributed by atoms with van der Waals surface area (Å²) >= 11 is 18.3. The molecular formula is C13H14Cl3NO. The Kier molecular flexibility index (Phi) is 4.44. The minimum atomic E-state index is 0.450. The summed E-state index contributed by atoms with van der Waals surface area (Å²) in [4.78, 5) is 0. The van der Waals surface area contributed by atoms with Gasteiger partial charge in [-0.25, -0.2) is 0 Å². The number of furan rings is 1. The first kappa shape index (κ1) is 14.0. The highest BCUT2D eigenvalue weighted by Crippen LogP contribution is 2.38. The Morgan fingerprint density at radius 3 is 2.61 bits per heavy atom. The normalized spacial score (nSPS) is 11.7. The van der Waals surface area contributed by atoms with Crippen molar-refractivity contribution in [1.29, 1.82) is 0 Å². The van der Waals surface area contributed by atoms with Gasteiger partial charge in [0.25, 0.3) is 0 Å². The fourth-order valence-corrected chi connectivity index (χ4v) is 2.62. The van der Waals surface area contributed by atoms with Crippen LogP contribution in [-0.2, 0) is 6.42 Å². The topological polar surface area (TPSA) is 25.2 Å². The minimum absolute atomic E-state index is 0.450. The standard InChI is InChI=1S/C13H14Cl3NO/c1-7(2)17-4-3-8-6-18-13-10(15)5-9(14)12(16)11(8)13/h5-7,17H,3-4H2,1-2H3. The predicted molar refractivity (Wildman–Crippen MR) is 78.1 cm³/mol. The summed E-state index contributed by atoms with van der Waals surface area (Å²) in [5.74, 6) is 0. The van der Waals surface area contributed by atoms with E-state index in [1.54, 1.807) is 12.3 Å². The molecule has 18 heavy (non-hydrogen) atoms. The summed E-state index contributed by atoms with van der Waals surface area (Å²) in [5, 5.41) is 5.61. The zero-order valence-electron chi connectivity index (χ0n) is 10.2. The lowest BCUT2D eigenvalue weighted by molar-refractivity contribution is 0.580. The summed E-state index contributed by atoms with van der Waals surface area (Å²) in [6, 6.07) is 2.05. The van der Waals surface area contributed by atoms with Gasteiger partial charge in [0.05, 0.1) is 21.3 Å². The Morgan fingerprint density at radius 2 is 1.94 bits per heavy atom. The molecule has 2 rings (SSSR count). The van der Waals surface area contributed by atoms with Crippen molar-refractivity contribution in [2.75, 3.05) is 6.54 Å². The summed E-state index contributed by atoms with van der Waals surface area (Å²) in [6.45, 7) is 5.06. The maximum atomic E-state index is 6.21. The van der Waals surface area contributed by atoms with Crippen LogP contribution in [-0.4, -0.2) is 12.6 Å². The van der Waals surface area contributed by atoms with Crippen LogP contribution in [0, 0.1) is 0 Å². The molecule has 0 spiro atoms. The van der Waals surface area contributed by atoms with Crippen LogP contribution in [0.25, 0.3) is 11.0 Å². The zero-order valence-corrected chi connectivity index (χ0v) is 12.5. The van der Waals surface area contributed by atoms with Gasteiger partial charge in [-0.2, -0.15) is 0 Å². The van der Waals surface area contributed by atoms with Gasteiger partial charge in [-0.05, 0) is 19.0 Å². The molecule has 0 atom stereocenters. The number of fused-ring (bicyclic) bond motifs is 1. The van der Waals surface area contributed by atoms with Crippen LogP contribution in [0.1, 0.15) is 19.4 Å². The highest BCUT2D eigenvalue weighted by atomic mass is 35.5. The molecule has 2 aromatic rings. The number of hydrogen-bond donors (Lipinski definition) is 1. The summed E-state index contributed by atoms with van der Waals surface area (Å²) in [6.07, 6.45) is 2.52. The largest absolute Gasteiger partial charge is 0.462 e. The van der Waals surface area contributed by atoms with Crippen molar-refractivity contribution in [2.24, 2.45) is 0 Å². The van der Waals surface area contributed by atoms with Crippen molar-refractivity contribution in [3.63, 3.8) is 0 Å². The van der Waals surface area contributed by atoms with Gasteiger partial charge in [0, 0.05) is 17.0 Å². The molecule has 2 nitrogen and oxygen atoms in total. The second-order valence-electron chi connectivity index (χ2n) is 4.48. The molecule has 1 aromatic carbocycles. The second kappa shape index (κ2) is 5.70. The van der Waals surface area contributed by atoms with Crippen molar-refractivity contribution in [1.82, 2.24) is 5.32 Å². The molecule has 1 heterocycles. The van der Waals surface area contributed by atoms with Crippen LogP contribution in [0.4, 0.5) is 0 Å².